The first-order valence-corrected chi connectivity index (χ1v) is 8.86. The zero-order valence-electron chi connectivity index (χ0n) is 14.7. The highest BCUT2D eigenvalue weighted by Crippen LogP contribution is 2.26. The Kier molecular flexibility index (Phi) is 7.74. The standard InChI is InChI=1S/C19H26N4O.HI/c1-2-20-19(22-16-10-4-5-11-16)21-14-18(24)23-13-7-9-15-8-3-6-12-17(15)23;/h3-6,8,12,16H,2,7,9-11,13-14H2,1H3,(H2,20,21,22);1H. The van der Waals surface area contributed by atoms with Crippen LogP contribution >= 0.6 is 24.0 Å². The molecule has 6 heteroatoms. The molecule has 0 radical (unpaired) electrons. The second-order valence-corrected chi connectivity index (χ2v) is 6.26. The molecule has 1 aromatic rings. The largest absolute Gasteiger partial charge is 0.357 e. The quantitative estimate of drug-likeness (QED) is 0.319. The molecule has 1 aliphatic carbocycles. The number of hydrogen-bond donors (Lipinski definition) is 2. The molecule has 2 N–H and O–H groups in total. The van der Waals surface area contributed by atoms with Crippen LogP contribution in [0.5, 0.6) is 0 Å². The molecule has 3 rings (SSSR count). The number of hydrogen-bond acceptors (Lipinski definition) is 2. The van der Waals surface area contributed by atoms with Crippen molar-refractivity contribution in [1.82, 2.24) is 10.6 Å². The highest BCUT2D eigenvalue weighted by atomic mass is 127. The van der Waals surface area contributed by atoms with Crippen molar-refractivity contribution >= 4 is 41.5 Å². The summed E-state index contributed by atoms with van der Waals surface area (Å²) in [4.78, 5) is 19.0. The number of rotatable bonds is 4. The van der Waals surface area contributed by atoms with Gasteiger partial charge in [-0.15, -0.1) is 24.0 Å². The predicted octanol–water partition coefficient (Wildman–Crippen LogP) is 2.86. The molecular weight excluding hydrogens is 427 g/mol. The van der Waals surface area contributed by atoms with Gasteiger partial charge in [-0.1, -0.05) is 30.4 Å². The van der Waals surface area contributed by atoms with Gasteiger partial charge in [0.2, 0.25) is 5.91 Å². The molecule has 0 aromatic heterocycles. The Balaban J connectivity index is 0.00000225. The first kappa shape index (κ1) is 19.8. The number of guanidine groups is 1. The summed E-state index contributed by atoms with van der Waals surface area (Å²) in [6, 6.07) is 8.55. The van der Waals surface area contributed by atoms with E-state index in [1.165, 1.54) is 5.56 Å². The van der Waals surface area contributed by atoms with Crippen molar-refractivity contribution in [3.8, 4) is 0 Å². The lowest BCUT2D eigenvalue weighted by Gasteiger charge is -2.29. The number of aryl methyl sites for hydroxylation is 1. The van der Waals surface area contributed by atoms with Crippen molar-refractivity contribution in [2.24, 2.45) is 4.99 Å². The fraction of sp³-hybridized carbons (Fsp3) is 0.474. The second kappa shape index (κ2) is 9.79. The normalized spacial score (nSPS) is 17.0. The molecule has 136 valence electrons. The summed E-state index contributed by atoms with van der Waals surface area (Å²) in [7, 11) is 0. The van der Waals surface area contributed by atoms with E-state index >= 15 is 0 Å². The van der Waals surface area contributed by atoms with Crippen LogP contribution in [0.25, 0.3) is 0 Å². The summed E-state index contributed by atoms with van der Waals surface area (Å²) in [5, 5.41) is 6.63. The Labute approximate surface area is 167 Å². The molecule has 0 saturated carbocycles. The van der Waals surface area contributed by atoms with Gasteiger partial charge in [0.15, 0.2) is 5.96 Å². The third-order valence-corrected chi connectivity index (χ3v) is 4.48. The lowest BCUT2D eigenvalue weighted by molar-refractivity contribution is -0.117. The SMILES string of the molecule is CCNC(=NCC(=O)N1CCCc2ccccc21)NC1CC=CC1.I. The second-order valence-electron chi connectivity index (χ2n) is 6.26. The molecule has 2 aliphatic rings. The van der Waals surface area contributed by atoms with Gasteiger partial charge >= 0.3 is 0 Å². The molecule has 1 heterocycles. The number of amides is 1. The summed E-state index contributed by atoms with van der Waals surface area (Å²) in [5.41, 5.74) is 2.30. The van der Waals surface area contributed by atoms with E-state index in [1.54, 1.807) is 0 Å². The van der Waals surface area contributed by atoms with Crippen molar-refractivity contribution in [1.29, 1.82) is 0 Å². The maximum Gasteiger partial charge on any atom is 0.248 e. The number of anilines is 1. The lowest BCUT2D eigenvalue weighted by Crippen LogP contribution is -2.43. The maximum absolute atomic E-state index is 12.7. The number of carbonyl (C=O) groups is 1. The minimum atomic E-state index is 0. The first-order valence-electron chi connectivity index (χ1n) is 8.86. The number of benzene rings is 1. The Morgan fingerprint density at radius 1 is 1.28 bits per heavy atom. The molecule has 25 heavy (non-hydrogen) atoms. The molecule has 1 aliphatic heterocycles. The van der Waals surface area contributed by atoms with E-state index in [9.17, 15) is 4.79 Å². The number of nitrogens with one attached hydrogen (secondary N) is 2. The fourth-order valence-electron chi connectivity index (χ4n) is 3.27. The van der Waals surface area contributed by atoms with Crippen LogP contribution in [-0.2, 0) is 11.2 Å². The Morgan fingerprint density at radius 2 is 2.04 bits per heavy atom. The average molecular weight is 454 g/mol. The van der Waals surface area contributed by atoms with Gasteiger partial charge < -0.3 is 15.5 Å². The molecule has 0 atom stereocenters. The molecular formula is C19H27IN4O. The fourth-order valence-corrected chi connectivity index (χ4v) is 3.27. The number of aliphatic imine (C=N–C) groups is 1. The zero-order valence-corrected chi connectivity index (χ0v) is 17.0. The Morgan fingerprint density at radius 3 is 2.80 bits per heavy atom. The number of carbonyl (C=O) groups excluding carboxylic acids is 1. The number of halogens is 1. The molecule has 0 saturated heterocycles. The van der Waals surface area contributed by atoms with Gasteiger partial charge in [0.1, 0.15) is 6.54 Å². The summed E-state index contributed by atoms with van der Waals surface area (Å²) >= 11 is 0. The molecule has 1 aromatic carbocycles. The van der Waals surface area contributed by atoms with Crippen LogP contribution in [0.15, 0.2) is 41.4 Å². The first-order chi connectivity index (χ1) is 11.8. The van der Waals surface area contributed by atoms with Gasteiger partial charge in [-0.3, -0.25) is 4.79 Å². The van der Waals surface area contributed by atoms with E-state index in [0.29, 0.717) is 6.04 Å². The van der Waals surface area contributed by atoms with Gasteiger partial charge in [0.05, 0.1) is 0 Å². The molecule has 0 bridgehead atoms. The van der Waals surface area contributed by atoms with Gasteiger partial charge in [-0.05, 0) is 44.2 Å². The topological polar surface area (TPSA) is 56.7 Å². The minimum absolute atomic E-state index is 0. The predicted molar refractivity (Wildman–Crippen MR) is 114 cm³/mol. The van der Waals surface area contributed by atoms with Gasteiger partial charge in [0, 0.05) is 24.8 Å². The molecule has 0 spiro atoms. The van der Waals surface area contributed by atoms with Crippen LogP contribution in [0.3, 0.4) is 0 Å². The van der Waals surface area contributed by atoms with E-state index in [4.69, 9.17) is 0 Å². The Bertz CT molecular complexity index is 636. The monoisotopic (exact) mass is 454 g/mol. The van der Waals surface area contributed by atoms with Crippen LogP contribution in [0.2, 0.25) is 0 Å². The van der Waals surface area contributed by atoms with Gasteiger partial charge in [0.25, 0.3) is 0 Å². The van der Waals surface area contributed by atoms with E-state index < -0.39 is 0 Å². The van der Waals surface area contributed by atoms with E-state index in [1.807, 2.05) is 30.0 Å². The van der Waals surface area contributed by atoms with Crippen molar-refractivity contribution in [2.75, 3.05) is 24.5 Å². The van der Waals surface area contributed by atoms with Crippen LogP contribution in [0, 0.1) is 0 Å². The van der Waals surface area contributed by atoms with Crippen molar-refractivity contribution in [2.45, 2.75) is 38.6 Å². The average Bonchev–Trinajstić information content (AvgIpc) is 3.12. The zero-order chi connectivity index (χ0) is 16.8. The van der Waals surface area contributed by atoms with Crippen molar-refractivity contribution < 1.29 is 4.79 Å². The Hall–Kier alpha value is -1.57. The lowest BCUT2D eigenvalue weighted by atomic mass is 10.0. The highest BCUT2D eigenvalue weighted by Gasteiger charge is 2.22. The van der Waals surface area contributed by atoms with Gasteiger partial charge in [-0.25, -0.2) is 4.99 Å². The third-order valence-electron chi connectivity index (χ3n) is 4.48. The molecule has 1 amide bonds. The molecule has 0 unspecified atom stereocenters. The van der Waals surface area contributed by atoms with Crippen LogP contribution in [0.1, 0.15) is 31.7 Å². The smallest absolute Gasteiger partial charge is 0.248 e. The van der Waals surface area contributed by atoms with Crippen LogP contribution < -0.4 is 15.5 Å². The summed E-state index contributed by atoms with van der Waals surface area (Å²) < 4.78 is 0. The maximum atomic E-state index is 12.7. The molecule has 5 nitrogen and oxygen atoms in total. The number of fused-ring (bicyclic) bond motifs is 1. The van der Waals surface area contributed by atoms with Crippen molar-refractivity contribution in [3.05, 3.63) is 42.0 Å². The summed E-state index contributed by atoms with van der Waals surface area (Å²) in [6.45, 7) is 3.77. The summed E-state index contributed by atoms with van der Waals surface area (Å²) in [6.07, 6.45) is 8.43. The number of nitrogens with zero attached hydrogens (tertiary/aromatic N) is 2. The highest BCUT2D eigenvalue weighted by molar-refractivity contribution is 14.0. The summed E-state index contributed by atoms with van der Waals surface area (Å²) in [5.74, 6) is 0.786. The third kappa shape index (κ3) is 5.20. The number of para-hydroxylation sites is 1. The van der Waals surface area contributed by atoms with Gasteiger partial charge in [-0.2, -0.15) is 0 Å². The van der Waals surface area contributed by atoms with E-state index in [-0.39, 0.29) is 36.4 Å². The van der Waals surface area contributed by atoms with E-state index in [2.05, 4.69) is 33.8 Å². The molecule has 0 fully saturated rings. The van der Waals surface area contributed by atoms with Crippen LogP contribution in [-0.4, -0.2) is 37.5 Å². The van der Waals surface area contributed by atoms with Crippen LogP contribution in [0.4, 0.5) is 5.69 Å². The minimum Gasteiger partial charge on any atom is -0.357 e. The van der Waals surface area contributed by atoms with Crippen molar-refractivity contribution in [3.63, 3.8) is 0 Å². The van der Waals surface area contributed by atoms with E-state index in [0.717, 1.165) is 50.4 Å².